The molecule has 1 N–H and O–H groups in total. The molecule has 8 heteroatoms. The second-order valence-electron chi connectivity index (χ2n) is 6.78. The molecule has 1 fully saturated rings. The molecule has 5 nitrogen and oxygen atoms in total. The third-order valence-electron chi connectivity index (χ3n) is 5.11. The molecule has 1 saturated heterocycles. The summed E-state index contributed by atoms with van der Waals surface area (Å²) in [5.41, 5.74) is 0.918. The van der Waals surface area contributed by atoms with Gasteiger partial charge in [-0.05, 0) is 41.8 Å². The van der Waals surface area contributed by atoms with Crippen molar-refractivity contribution in [3.63, 3.8) is 0 Å². The van der Waals surface area contributed by atoms with Gasteiger partial charge in [0.15, 0.2) is 11.7 Å². The van der Waals surface area contributed by atoms with Gasteiger partial charge >= 0.3 is 6.18 Å². The maximum atomic E-state index is 12.9. The molecular weight excluding hydrogens is 373 g/mol. The van der Waals surface area contributed by atoms with Crippen molar-refractivity contribution in [2.24, 2.45) is 5.92 Å². The fourth-order valence-electron chi connectivity index (χ4n) is 3.75. The summed E-state index contributed by atoms with van der Waals surface area (Å²) < 4.78 is 37.9. The van der Waals surface area contributed by atoms with E-state index in [0.29, 0.717) is 13.0 Å². The normalized spacial score (nSPS) is 21.3. The van der Waals surface area contributed by atoms with Gasteiger partial charge in [0.1, 0.15) is 6.04 Å². The fourth-order valence-corrected chi connectivity index (χ4v) is 3.75. The number of ketones is 1. The van der Waals surface area contributed by atoms with Gasteiger partial charge in [-0.25, -0.2) is 0 Å². The summed E-state index contributed by atoms with van der Waals surface area (Å²) in [6.07, 6.45) is -3.89. The predicted octanol–water partition coefficient (Wildman–Crippen LogP) is 2.97. The lowest BCUT2D eigenvalue weighted by Gasteiger charge is -2.30. The molecule has 2 aliphatic rings. The highest BCUT2D eigenvalue weighted by Crippen LogP contribution is 2.39. The molecule has 0 aromatic heterocycles. The number of nitrogens with zero attached hydrogens (tertiary/aromatic N) is 1. The van der Waals surface area contributed by atoms with Crippen LogP contribution in [0.25, 0.3) is 0 Å². The number of fused-ring (bicyclic) bond motifs is 3. The smallest absolute Gasteiger partial charge is 0.327 e. The number of halogens is 3. The van der Waals surface area contributed by atoms with Crippen molar-refractivity contribution < 1.29 is 27.6 Å². The Hall–Kier alpha value is -3.16. The van der Waals surface area contributed by atoms with Crippen LogP contribution >= 0.6 is 0 Å². The number of nitrogens with one attached hydrogen (secondary N) is 1. The van der Waals surface area contributed by atoms with Crippen LogP contribution in [-0.4, -0.2) is 29.0 Å². The number of hydrogen-bond donors (Lipinski definition) is 1. The number of carbonyl (C=O) groups excluding carboxylic acids is 3. The number of hydrogen-bond acceptors (Lipinski definition) is 3. The maximum absolute atomic E-state index is 12.9. The van der Waals surface area contributed by atoms with Gasteiger partial charge in [-0.3, -0.25) is 14.4 Å². The standard InChI is InChI=1S/C20H15F3N2O3/c21-20(22,23)12-5-7-13(8-6-12)24-18(27)15-17(26)16-14-4-2-1-3-11(14)9-10-25(16)19(15)28/h1-8,15-16H,9-10H2,(H,24,27). The summed E-state index contributed by atoms with van der Waals surface area (Å²) in [5, 5.41) is 2.38. The lowest BCUT2D eigenvalue weighted by Crippen LogP contribution is -2.37. The van der Waals surface area contributed by atoms with Crippen molar-refractivity contribution in [2.75, 3.05) is 11.9 Å². The van der Waals surface area contributed by atoms with E-state index in [9.17, 15) is 27.6 Å². The average molecular weight is 388 g/mol. The lowest BCUT2D eigenvalue weighted by molar-refractivity contribution is -0.138. The third kappa shape index (κ3) is 2.94. The molecule has 2 heterocycles. The number of benzene rings is 2. The van der Waals surface area contributed by atoms with Crippen molar-refractivity contribution in [3.05, 3.63) is 65.2 Å². The van der Waals surface area contributed by atoms with Gasteiger partial charge in [-0.1, -0.05) is 24.3 Å². The van der Waals surface area contributed by atoms with E-state index in [1.165, 1.54) is 4.90 Å². The minimum atomic E-state index is -4.49. The Balaban J connectivity index is 1.56. The van der Waals surface area contributed by atoms with Gasteiger partial charge in [-0.15, -0.1) is 0 Å². The first kappa shape index (κ1) is 18.2. The van der Waals surface area contributed by atoms with Gasteiger partial charge < -0.3 is 10.2 Å². The van der Waals surface area contributed by atoms with Crippen molar-refractivity contribution >= 4 is 23.3 Å². The van der Waals surface area contributed by atoms with E-state index in [1.54, 1.807) is 12.1 Å². The number of alkyl halides is 3. The number of carbonyl (C=O) groups is 3. The Labute approximate surface area is 158 Å². The minimum Gasteiger partial charge on any atom is -0.327 e. The van der Waals surface area contributed by atoms with Crippen LogP contribution in [-0.2, 0) is 27.0 Å². The Bertz CT molecular complexity index is 969. The molecule has 2 aromatic rings. The summed E-state index contributed by atoms with van der Waals surface area (Å²) >= 11 is 0. The first-order chi connectivity index (χ1) is 13.3. The fraction of sp³-hybridized carbons (Fsp3) is 0.250. The molecule has 2 atom stereocenters. The number of Topliss-reactive ketones (excluding diaryl/α,β-unsaturated/α-hetero) is 1. The highest BCUT2D eigenvalue weighted by molar-refractivity contribution is 6.26. The minimum absolute atomic E-state index is 0.0869. The number of rotatable bonds is 2. The monoisotopic (exact) mass is 388 g/mol. The van der Waals surface area contributed by atoms with E-state index in [-0.39, 0.29) is 5.69 Å². The van der Waals surface area contributed by atoms with Gasteiger partial charge in [-0.2, -0.15) is 13.2 Å². The van der Waals surface area contributed by atoms with E-state index in [0.717, 1.165) is 35.4 Å². The van der Waals surface area contributed by atoms with E-state index in [2.05, 4.69) is 5.32 Å². The van der Waals surface area contributed by atoms with Crippen molar-refractivity contribution in [1.82, 2.24) is 4.90 Å². The molecule has 4 rings (SSSR count). The van der Waals surface area contributed by atoms with E-state index >= 15 is 0 Å². The van der Waals surface area contributed by atoms with E-state index in [4.69, 9.17) is 0 Å². The summed E-state index contributed by atoms with van der Waals surface area (Å²) in [5.74, 6) is -3.42. The van der Waals surface area contributed by atoms with Crippen LogP contribution in [0.1, 0.15) is 22.7 Å². The summed E-state index contributed by atoms with van der Waals surface area (Å²) in [6.45, 7) is 0.344. The highest BCUT2D eigenvalue weighted by Gasteiger charge is 2.52. The Morgan fingerprint density at radius 2 is 1.71 bits per heavy atom. The first-order valence-electron chi connectivity index (χ1n) is 8.67. The topological polar surface area (TPSA) is 66.5 Å². The largest absolute Gasteiger partial charge is 0.416 e. The van der Waals surface area contributed by atoms with Crippen LogP contribution in [0.4, 0.5) is 18.9 Å². The zero-order valence-corrected chi connectivity index (χ0v) is 14.5. The van der Waals surface area contributed by atoms with E-state index < -0.39 is 41.3 Å². The molecule has 144 valence electrons. The molecule has 0 radical (unpaired) electrons. The summed E-state index contributed by atoms with van der Waals surface area (Å²) in [6, 6.07) is 10.3. The van der Waals surface area contributed by atoms with Crippen molar-refractivity contribution in [1.29, 1.82) is 0 Å². The molecule has 0 bridgehead atoms. The first-order valence-corrected chi connectivity index (χ1v) is 8.67. The SMILES string of the molecule is O=C(Nc1ccc(C(F)(F)F)cc1)C1C(=O)C2c3ccccc3CCN2C1=O. The lowest BCUT2D eigenvalue weighted by atomic mass is 9.90. The average Bonchev–Trinajstić information content (AvgIpc) is 2.92. The van der Waals surface area contributed by atoms with Crippen LogP contribution in [0.2, 0.25) is 0 Å². The van der Waals surface area contributed by atoms with Crippen molar-refractivity contribution in [2.45, 2.75) is 18.6 Å². The van der Waals surface area contributed by atoms with Gasteiger partial charge in [0.25, 0.3) is 0 Å². The second-order valence-corrected chi connectivity index (χ2v) is 6.78. The zero-order valence-electron chi connectivity index (χ0n) is 14.5. The summed E-state index contributed by atoms with van der Waals surface area (Å²) in [4.78, 5) is 39.5. The van der Waals surface area contributed by atoms with Gasteiger partial charge in [0.05, 0.1) is 5.56 Å². The molecule has 0 spiro atoms. The van der Waals surface area contributed by atoms with Crippen LogP contribution < -0.4 is 5.32 Å². The van der Waals surface area contributed by atoms with Gasteiger partial charge in [0.2, 0.25) is 11.8 Å². The number of amides is 2. The zero-order chi connectivity index (χ0) is 20.1. The molecule has 0 aliphatic carbocycles. The Morgan fingerprint density at radius 3 is 2.39 bits per heavy atom. The summed E-state index contributed by atoms with van der Waals surface area (Å²) in [7, 11) is 0. The molecular formula is C20H15F3N2O3. The van der Waals surface area contributed by atoms with Crippen LogP contribution in [0.5, 0.6) is 0 Å². The molecule has 2 aliphatic heterocycles. The van der Waals surface area contributed by atoms with E-state index in [1.807, 2.05) is 12.1 Å². The quantitative estimate of drug-likeness (QED) is 0.805. The number of anilines is 1. The maximum Gasteiger partial charge on any atom is 0.416 e. The molecule has 2 unspecified atom stereocenters. The molecule has 2 aromatic carbocycles. The second kappa shape index (κ2) is 6.47. The molecule has 0 saturated carbocycles. The molecule has 28 heavy (non-hydrogen) atoms. The van der Waals surface area contributed by atoms with Crippen LogP contribution in [0.15, 0.2) is 48.5 Å². The Morgan fingerprint density at radius 1 is 1.04 bits per heavy atom. The highest BCUT2D eigenvalue weighted by atomic mass is 19.4. The van der Waals surface area contributed by atoms with Crippen LogP contribution in [0.3, 0.4) is 0 Å². The predicted molar refractivity (Wildman–Crippen MR) is 93.2 cm³/mol. The third-order valence-corrected chi connectivity index (χ3v) is 5.11. The van der Waals surface area contributed by atoms with Crippen molar-refractivity contribution in [3.8, 4) is 0 Å². The Kier molecular flexibility index (Phi) is 4.21. The van der Waals surface area contributed by atoms with Crippen LogP contribution in [0, 0.1) is 5.92 Å². The molecule has 2 amide bonds. The van der Waals surface area contributed by atoms with Gasteiger partial charge in [0, 0.05) is 12.2 Å².